The summed E-state index contributed by atoms with van der Waals surface area (Å²) in [7, 11) is 0. The lowest BCUT2D eigenvalue weighted by Crippen LogP contribution is -2.58. The maximum atomic E-state index is 13.7. The summed E-state index contributed by atoms with van der Waals surface area (Å²) in [6, 6.07) is 19.8. The Morgan fingerprint density at radius 1 is 1.05 bits per heavy atom. The van der Waals surface area contributed by atoms with E-state index in [2.05, 4.69) is 10.6 Å². The molecular formula is C31H34FN3O5S. The number of aliphatic hydroxyl groups excluding tert-OH is 1. The van der Waals surface area contributed by atoms with Crippen molar-refractivity contribution in [2.24, 2.45) is 0 Å². The smallest absolute Gasteiger partial charge is 0.410 e. The number of benzene rings is 3. The first-order valence-corrected chi connectivity index (χ1v) is 14.3. The average molecular weight is 580 g/mol. The van der Waals surface area contributed by atoms with Gasteiger partial charge in [-0.15, -0.1) is 11.8 Å². The number of aryl methyl sites for hydroxylation is 1. The van der Waals surface area contributed by atoms with Gasteiger partial charge < -0.3 is 25.4 Å². The zero-order valence-electron chi connectivity index (χ0n) is 23.2. The van der Waals surface area contributed by atoms with Crippen LogP contribution in [0.3, 0.4) is 0 Å². The molecule has 0 radical (unpaired) electrons. The van der Waals surface area contributed by atoms with Crippen LogP contribution < -0.4 is 15.4 Å². The third kappa shape index (κ3) is 7.65. The van der Waals surface area contributed by atoms with Gasteiger partial charge in [-0.1, -0.05) is 54.6 Å². The molecule has 3 amide bonds. The first-order valence-electron chi connectivity index (χ1n) is 13.3. The predicted molar refractivity (Wildman–Crippen MR) is 156 cm³/mol. The normalized spacial score (nSPS) is 17.4. The van der Waals surface area contributed by atoms with Gasteiger partial charge in [-0.25, -0.2) is 9.18 Å². The topological polar surface area (TPSA) is 108 Å². The molecule has 8 nitrogen and oxygen atoms in total. The van der Waals surface area contributed by atoms with Crippen molar-refractivity contribution < 1.29 is 28.6 Å². The second-order valence-electron chi connectivity index (χ2n) is 10.5. The van der Waals surface area contributed by atoms with E-state index in [1.807, 2.05) is 75.4 Å². The largest absolute Gasteiger partial charge is 0.412 e. The Morgan fingerprint density at radius 2 is 1.71 bits per heavy atom. The van der Waals surface area contributed by atoms with E-state index in [1.165, 1.54) is 28.8 Å². The molecule has 0 saturated carbocycles. The summed E-state index contributed by atoms with van der Waals surface area (Å²) < 4.78 is 17.9. The lowest BCUT2D eigenvalue weighted by molar-refractivity contribution is -0.147. The quantitative estimate of drug-likeness (QED) is 0.351. The van der Waals surface area contributed by atoms with Crippen molar-refractivity contribution in [1.82, 2.24) is 15.5 Å². The number of halogens is 1. The van der Waals surface area contributed by atoms with E-state index in [0.717, 1.165) is 28.8 Å². The summed E-state index contributed by atoms with van der Waals surface area (Å²) >= 11 is 1.44. The fourth-order valence-corrected chi connectivity index (χ4v) is 5.88. The number of amides is 3. The van der Waals surface area contributed by atoms with Crippen LogP contribution in [0, 0.1) is 12.7 Å². The highest BCUT2D eigenvalue weighted by Gasteiger charge is 2.49. The number of ether oxygens (including phenoxy) is 1. The van der Waals surface area contributed by atoms with E-state index in [9.17, 15) is 23.9 Å². The Hall–Kier alpha value is -3.89. The highest BCUT2D eigenvalue weighted by atomic mass is 32.2. The molecule has 216 valence electrons. The van der Waals surface area contributed by atoms with Gasteiger partial charge in [0.2, 0.25) is 5.91 Å². The summed E-state index contributed by atoms with van der Waals surface area (Å²) in [4.78, 5) is 41.3. The molecular weight excluding hydrogens is 545 g/mol. The van der Waals surface area contributed by atoms with Gasteiger partial charge in [0.25, 0.3) is 5.91 Å². The second kappa shape index (κ2) is 13.2. The monoisotopic (exact) mass is 579 g/mol. The lowest BCUT2D eigenvalue weighted by atomic mass is 9.97. The second-order valence-corrected chi connectivity index (χ2v) is 12.1. The molecule has 0 aliphatic carbocycles. The average Bonchev–Trinajstić information content (AvgIpc) is 3.27. The molecule has 3 aromatic rings. The summed E-state index contributed by atoms with van der Waals surface area (Å²) in [5, 5.41) is 16.9. The number of thioether (sulfide) groups is 1. The van der Waals surface area contributed by atoms with Crippen LogP contribution in [0.15, 0.2) is 78.9 Å². The van der Waals surface area contributed by atoms with Crippen LogP contribution in [0.5, 0.6) is 5.75 Å². The molecule has 1 heterocycles. The van der Waals surface area contributed by atoms with Crippen LogP contribution >= 0.6 is 11.8 Å². The van der Waals surface area contributed by atoms with E-state index in [4.69, 9.17) is 4.74 Å². The van der Waals surface area contributed by atoms with E-state index in [1.54, 1.807) is 0 Å². The Morgan fingerprint density at radius 3 is 2.39 bits per heavy atom. The highest BCUT2D eigenvalue weighted by Crippen LogP contribution is 2.40. The van der Waals surface area contributed by atoms with Crippen molar-refractivity contribution in [3.63, 3.8) is 0 Å². The maximum Gasteiger partial charge on any atom is 0.412 e. The first kappa shape index (κ1) is 30.1. The highest BCUT2D eigenvalue weighted by molar-refractivity contribution is 8.00. The van der Waals surface area contributed by atoms with Gasteiger partial charge in [-0.2, -0.15) is 0 Å². The van der Waals surface area contributed by atoms with Gasteiger partial charge in [0.1, 0.15) is 17.6 Å². The fraction of sp³-hybridized carbons (Fsp3) is 0.323. The molecule has 41 heavy (non-hydrogen) atoms. The van der Waals surface area contributed by atoms with Gasteiger partial charge in [-0.05, 0) is 68.1 Å². The van der Waals surface area contributed by atoms with E-state index >= 15 is 0 Å². The van der Waals surface area contributed by atoms with Gasteiger partial charge in [-0.3, -0.25) is 9.59 Å². The van der Waals surface area contributed by atoms with Crippen LogP contribution in [0.25, 0.3) is 0 Å². The van der Waals surface area contributed by atoms with E-state index in [0.29, 0.717) is 6.54 Å². The zero-order valence-corrected chi connectivity index (χ0v) is 24.0. The van der Waals surface area contributed by atoms with Crippen LogP contribution in [-0.4, -0.2) is 56.7 Å². The number of hydrogen-bond acceptors (Lipinski definition) is 6. The maximum absolute atomic E-state index is 13.7. The molecule has 1 saturated heterocycles. The van der Waals surface area contributed by atoms with Gasteiger partial charge in [0, 0.05) is 11.3 Å². The summed E-state index contributed by atoms with van der Waals surface area (Å²) in [6.07, 6.45) is -2.45. The number of carbonyl (C=O) groups is 3. The standard InChI is InChI=1S/C31H34FN3O5S/c1-20-9-7-8-12-22(20)18-33-28(37)27-31(2,3)41-19-35(27)29(38)26(36)25(17-21-10-5-4-6-11-21)34-30(39)40-24-15-13-23(32)14-16-24/h4-16,25-27,36H,17-19H2,1-3H3,(H,33,37)(H,34,39). The number of carbonyl (C=O) groups excluding carboxylic acids is 3. The molecule has 3 unspecified atom stereocenters. The Balaban J connectivity index is 1.50. The van der Waals surface area contributed by atoms with Crippen molar-refractivity contribution in [3.05, 3.63) is 101 Å². The minimum Gasteiger partial charge on any atom is -0.410 e. The van der Waals surface area contributed by atoms with Crippen LogP contribution in [-0.2, 0) is 22.6 Å². The third-order valence-corrected chi connectivity index (χ3v) is 8.43. The summed E-state index contributed by atoms with van der Waals surface area (Å²) in [5.41, 5.74) is 2.78. The van der Waals surface area contributed by atoms with E-state index < -0.39 is 40.8 Å². The lowest BCUT2D eigenvalue weighted by Gasteiger charge is -2.33. The van der Waals surface area contributed by atoms with Crippen LogP contribution in [0.4, 0.5) is 9.18 Å². The number of aliphatic hydroxyl groups is 1. The fourth-order valence-electron chi connectivity index (χ4n) is 4.74. The molecule has 3 N–H and O–H groups in total. The molecule has 0 spiro atoms. The molecule has 4 rings (SSSR count). The first-order chi connectivity index (χ1) is 19.5. The number of nitrogens with zero attached hydrogens (tertiary/aromatic N) is 1. The Labute approximate surface area is 243 Å². The van der Waals surface area contributed by atoms with Crippen molar-refractivity contribution in [2.45, 2.75) is 56.7 Å². The van der Waals surface area contributed by atoms with Crippen molar-refractivity contribution in [3.8, 4) is 5.75 Å². The SMILES string of the molecule is Cc1ccccc1CNC(=O)C1N(C(=O)C(O)C(Cc2ccccc2)NC(=O)Oc2ccc(F)cc2)CSC1(C)C. The third-order valence-electron chi connectivity index (χ3n) is 7.05. The van der Waals surface area contributed by atoms with Crippen LogP contribution in [0.1, 0.15) is 30.5 Å². The predicted octanol–water partition coefficient (Wildman–Crippen LogP) is 4.19. The molecule has 0 aromatic heterocycles. The minimum atomic E-state index is -1.67. The molecule has 3 atom stereocenters. The molecule has 1 aliphatic rings. The number of nitrogens with one attached hydrogen (secondary N) is 2. The van der Waals surface area contributed by atoms with Crippen LogP contribution in [0.2, 0.25) is 0 Å². The van der Waals surface area contributed by atoms with Crippen molar-refractivity contribution in [1.29, 1.82) is 0 Å². The van der Waals surface area contributed by atoms with E-state index in [-0.39, 0.29) is 24.0 Å². The Kier molecular flexibility index (Phi) is 9.67. The summed E-state index contributed by atoms with van der Waals surface area (Å²) in [6.45, 7) is 6.04. The van der Waals surface area contributed by atoms with Gasteiger partial charge >= 0.3 is 6.09 Å². The molecule has 3 aromatic carbocycles. The molecule has 10 heteroatoms. The van der Waals surface area contributed by atoms with Crippen molar-refractivity contribution >= 4 is 29.7 Å². The minimum absolute atomic E-state index is 0.103. The summed E-state index contributed by atoms with van der Waals surface area (Å²) in [5.74, 6) is -1.19. The van der Waals surface area contributed by atoms with Crippen molar-refractivity contribution in [2.75, 3.05) is 5.88 Å². The molecule has 1 aliphatic heterocycles. The molecule has 1 fully saturated rings. The Bertz CT molecular complexity index is 1370. The number of hydrogen-bond donors (Lipinski definition) is 3. The number of rotatable bonds is 9. The van der Waals surface area contributed by atoms with Gasteiger partial charge in [0.05, 0.1) is 11.9 Å². The molecule has 0 bridgehead atoms. The zero-order chi connectivity index (χ0) is 29.6. The van der Waals surface area contributed by atoms with Gasteiger partial charge in [0.15, 0.2) is 6.10 Å².